The second kappa shape index (κ2) is 7.65. The number of nitrogens with one attached hydrogen (secondary N) is 1. The first-order chi connectivity index (χ1) is 13.0. The van der Waals surface area contributed by atoms with Crippen molar-refractivity contribution in [2.45, 2.75) is 13.8 Å². The fraction of sp³-hybridized carbons (Fsp3) is 0.100. The van der Waals surface area contributed by atoms with E-state index in [9.17, 15) is 14.7 Å². The second-order valence-electron chi connectivity index (χ2n) is 5.96. The number of aryl methyl sites for hydroxylation is 1. The van der Waals surface area contributed by atoms with Gasteiger partial charge in [-0.3, -0.25) is 9.78 Å². The fourth-order valence-corrected chi connectivity index (χ4v) is 2.82. The van der Waals surface area contributed by atoms with Crippen LogP contribution in [0.5, 0.6) is 0 Å². The highest BCUT2D eigenvalue weighted by molar-refractivity contribution is 5.94. The molecule has 1 aromatic carbocycles. The molecule has 136 valence electrons. The first-order valence-electron chi connectivity index (χ1n) is 8.23. The summed E-state index contributed by atoms with van der Waals surface area (Å²) < 4.78 is 1.94. The van der Waals surface area contributed by atoms with E-state index >= 15 is 0 Å². The highest BCUT2D eigenvalue weighted by atomic mass is 16.4. The average Bonchev–Trinajstić information content (AvgIpc) is 2.96. The van der Waals surface area contributed by atoms with Crippen LogP contribution >= 0.6 is 0 Å². The number of pyridine rings is 1. The number of carboxylic acid groups (broad SMARTS) is 1. The van der Waals surface area contributed by atoms with Crippen LogP contribution < -0.4 is 5.43 Å². The minimum atomic E-state index is -0.973. The number of carboxylic acids is 1. The molecule has 0 fully saturated rings. The Kier molecular flexibility index (Phi) is 5.12. The molecule has 7 heteroatoms. The van der Waals surface area contributed by atoms with Gasteiger partial charge in [0.2, 0.25) is 0 Å². The van der Waals surface area contributed by atoms with Crippen molar-refractivity contribution in [3.8, 4) is 5.69 Å². The van der Waals surface area contributed by atoms with E-state index in [4.69, 9.17) is 0 Å². The van der Waals surface area contributed by atoms with Crippen LogP contribution in [0.4, 0.5) is 0 Å². The van der Waals surface area contributed by atoms with E-state index in [1.165, 1.54) is 6.20 Å². The van der Waals surface area contributed by atoms with E-state index in [0.29, 0.717) is 5.56 Å². The van der Waals surface area contributed by atoms with Crippen molar-refractivity contribution in [1.82, 2.24) is 15.0 Å². The normalized spacial score (nSPS) is 10.9. The summed E-state index contributed by atoms with van der Waals surface area (Å²) in [5, 5.41) is 13.2. The third-order valence-electron chi connectivity index (χ3n) is 4.12. The monoisotopic (exact) mass is 362 g/mol. The lowest BCUT2D eigenvalue weighted by molar-refractivity contribution is 0.0696. The van der Waals surface area contributed by atoms with Crippen LogP contribution in [0.3, 0.4) is 0 Å². The predicted octanol–water partition coefficient (Wildman–Crippen LogP) is 2.95. The van der Waals surface area contributed by atoms with E-state index < -0.39 is 5.97 Å². The number of nitrogens with zero attached hydrogens (tertiary/aromatic N) is 3. The van der Waals surface area contributed by atoms with E-state index in [-0.39, 0.29) is 11.5 Å². The van der Waals surface area contributed by atoms with Gasteiger partial charge in [-0.1, -0.05) is 6.07 Å². The Balaban J connectivity index is 1.83. The molecule has 2 N–H and O–H groups in total. The van der Waals surface area contributed by atoms with Crippen molar-refractivity contribution in [1.29, 1.82) is 0 Å². The van der Waals surface area contributed by atoms with Crippen LogP contribution in [-0.4, -0.2) is 32.7 Å². The van der Waals surface area contributed by atoms with Crippen molar-refractivity contribution in [3.05, 3.63) is 82.9 Å². The molecular formula is C20H18N4O3. The number of hydrogen-bond acceptors (Lipinski definition) is 4. The molecule has 0 aliphatic rings. The first kappa shape index (κ1) is 18.1. The highest BCUT2D eigenvalue weighted by Crippen LogP contribution is 2.20. The third kappa shape index (κ3) is 3.92. The van der Waals surface area contributed by atoms with E-state index in [1.807, 2.05) is 30.5 Å². The highest BCUT2D eigenvalue weighted by Gasteiger charge is 2.11. The number of benzene rings is 1. The Labute approximate surface area is 156 Å². The summed E-state index contributed by atoms with van der Waals surface area (Å²) in [4.78, 5) is 27.1. The number of aromatic carboxylic acids is 1. The maximum atomic E-state index is 12.0. The summed E-state index contributed by atoms with van der Waals surface area (Å²) in [5.41, 5.74) is 6.50. The smallest absolute Gasteiger partial charge is 0.335 e. The van der Waals surface area contributed by atoms with Crippen molar-refractivity contribution in [3.63, 3.8) is 0 Å². The van der Waals surface area contributed by atoms with Gasteiger partial charge in [0.15, 0.2) is 0 Å². The van der Waals surface area contributed by atoms with Crippen LogP contribution in [0.2, 0.25) is 0 Å². The van der Waals surface area contributed by atoms with Gasteiger partial charge in [0.25, 0.3) is 5.91 Å². The van der Waals surface area contributed by atoms with E-state index in [2.05, 4.69) is 15.5 Å². The van der Waals surface area contributed by atoms with Gasteiger partial charge in [0, 0.05) is 35.0 Å². The number of carbonyl (C=O) groups is 2. The van der Waals surface area contributed by atoms with Gasteiger partial charge in [-0.05, 0) is 50.2 Å². The summed E-state index contributed by atoms with van der Waals surface area (Å²) in [6.45, 7) is 3.83. The molecule has 2 heterocycles. The lowest BCUT2D eigenvalue weighted by atomic mass is 10.2. The van der Waals surface area contributed by atoms with Gasteiger partial charge in [0.1, 0.15) is 0 Å². The SMILES string of the molecule is Cc1cc(/C=N\NC(=O)c2cccnc2)c(C)n1-c1cccc(C(=O)O)c1. The molecule has 0 saturated heterocycles. The van der Waals surface area contributed by atoms with Gasteiger partial charge >= 0.3 is 5.97 Å². The van der Waals surface area contributed by atoms with Gasteiger partial charge in [-0.25, -0.2) is 10.2 Å². The molecule has 7 nitrogen and oxygen atoms in total. The molecular weight excluding hydrogens is 344 g/mol. The summed E-state index contributed by atoms with van der Waals surface area (Å²) in [6, 6.07) is 12.0. The molecule has 0 spiro atoms. The Bertz CT molecular complexity index is 1020. The van der Waals surface area contributed by atoms with E-state index in [0.717, 1.165) is 22.6 Å². The maximum Gasteiger partial charge on any atom is 0.335 e. The lowest BCUT2D eigenvalue weighted by Gasteiger charge is -2.10. The molecule has 1 amide bonds. The summed E-state index contributed by atoms with van der Waals surface area (Å²) in [6.07, 6.45) is 4.62. The Hall–Kier alpha value is -3.74. The zero-order valence-electron chi connectivity index (χ0n) is 14.9. The quantitative estimate of drug-likeness (QED) is 0.539. The van der Waals surface area contributed by atoms with Crippen LogP contribution in [0.1, 0.15) is 37.7 Å². The number of amides is 1. The van der Waals surface area contributed by atoms with Gasteiger partial charge in [-0.15, -0.1) is 0 Å². The Morgan fingerprint density at radius 1 is 1.15 bits per heavy atom. The molecule has 0 radical (unpaired) electrons. The van der Waals surface area contributed by atoms with Gasteiger partial charge in [-0.2, -0.15) is 5.10 Å². The predicted molar refractivity (Wildman–Crippen MR) is 101 cm³/mol. The number of carbonyl (C=O) groups excluding carboxylic acids is 1. The van der Waals surface area contributed by atoms with Crippen LogP contribution in [0, 0.1) is 13.8 Å². The van der Waals surface area contributed by atoms with Crippen LogP contribution in [0.15, 0.2) is 60.0 Å². The van der Waals surface area contributed by atoms with Crippen LogP contribution in [-0.2, 0) is 0 Å². The molecule has 27 heavy (non-hydrogen) atoms. The summed E-state index contributed by atoms with van der Waals surface area (Å²) in [5.74, 6) is -1.32. The zero-order valence-corrected chi connectivity index (χ0v) is 14.9. The number of hydrogen-bond donors (Lipinski definition) is 2. The largest absolute Gasteiger partial charge is 0.478 e. The molecule has 0 unspecified atom stereocenters. The second-order valence-corrected chi connectivity index (χ2v) is 5.96. The lowest BCUT2D eigenvalue weighted by Crippen LogP contribution is -2.17. The van der Waals surface area contributed by atoms with Crippen LogP contribution in [0.25, 0.3) is 5.69 Å². The molecule has 3 aromatic rings. The summed E-state index contributed by atoms with van der Waals surface area (Å²) >= 11 is 0. The molecule has 0 aliphatic carbocycles. The average molecular weight is 362 g/mol. The molecule has 2 aromatic heterocycles. The number of hydrazone groups is 1. The molecule has 3 rings (SSSR count). The van der Waals surface area contributed by atoms with Crippen molar-refractivity contribution in [2.75, 3.05) is 0 Å². The Morgan fingerprint density at radius 2 is 1.93 bits per heavy atom. The molecule has 0 saturated carbocycles. The first-order valence-corrected chi connectivity index (χ1v) is 8.23. The number of rotatable bonds is 5. The molecule has 0 bridgehead atoms. The standard InChI is InChI=1S/C20H18N4O3/c1-13-9-17(12-22-23-19(25)16-6-4-8-21-11-16)14(2)24(13)18-7-3-5-15(10-18)20(26)27/h3-12H,1-2H3,(H,23,25)(H,26,27)/b22-12-. The third-order valence-corrected chi connectivity index (χ3v) is 4.12. The topological polar surface area (TPSA) is 96.6 Å². The Morgan fingerprint density at radius 3 is 2.63 bits per heavy atom. The number of aromatic nitrogens is 2. The minimum absolute atomic E-state index is 0.221. The van der Waals surface area contributed by atoms with Gasteiger partial charge in [0.05, 0.1) is 17.3 Å². The zero-order chi connectivity index (χ0) is 19.4. The van der Waals surface area contributed by atoms with E-state index in [1.54, 1.807) is 42.7 Å². The fourth-order valence-electron chi connectivity index (χ4n) is 2.82. The van der Waals surface area contributed by atoms with Crippen molar-refractivity contribution < 1.29 is 14.7 Å². The molecule has 0 aliphatic heterocycles. The van der Waals surface area contributed by atoms with Crippen molar-refractivity contribution in [2.24, 2.45) is 5.10 Å². The summed E-state index contributed by atoms with van der Waals surface area (Å²) in [7, 11) is 0. The maximum absolute atomic E-state index is 12.0. The van der Waals surface area contributed by atoms with Gasteiger partial charge < -0.3 is 9.67 Å². The minimum Gasteiger partial charge on any atom is -0.478 e. The van der Waals surface area contributed by atoms with Crippen molar-refractivity contribution >= 4 is 18.1 Å². The molecule has 0 atom stereocenters.